The third-order valence-corrected chi connectivity index (χ3v) is 5.60. The third kappa shape index (κ3) is 2.77. The molecule has 5 nitrogen and oxygen atoms in total. The molecular formula is C15H21N3O2S. The zero-order valence-corrected chi connectivity index (χ0v) is 13.3. The van der Waals surface area contributed by atoms with Crippen LogP contribution in [0.4, 0.5) is 4.79 Å². The van der Waals surface area contributed by atoms with Crippen LogP contribution in [0.3, 0.4) is 0 Å². The van der Waals surface area contributed by atoms with Crippen LogP contribution in [-0.4, -0.2) is 54.0 Å². The molecule has 2 aliphatic rings. The van der Waals surface area contributed by atoms with E-state index >= 15 is 0 Å². The maximum absolute atomic E-state index is 12.5. The molecule has 0 aliphatic carbocycles. The van der Waals surface area contributed by atoms with E-state index in [1.807, 2.05) is 22.8 Å². The van der Waals surface area contributed by atoms with Gasteiger partial charge in [0.15, 0.2) is 0 Å². The van der Waals surface area contributed by atoms with E-state index in [2.05, 4.69) is 12.2 Å². The van der Waals surface area contributed by atoms with Crippen LogP contribution in [0, 0.1) is 13.8 Å². The predicted octanol–water partition coefficient (Wildman–Crippen LogP) is 1.99. The molecule has 1 aromatic heterocycles. The number of carbonyl (C=O) groups is 2. The van der Waals surface area contributed by atoms with Crippen molar-refractivity contribution in [2.45, 2.75) is 32.7 Å². The molecule has 2 aliphatic heterocycles. The number of likely N-dealkylation sites (tertiary alicyclic amines) is 1. The number of hydrogen-bond donors (Lipinski definition) is 1. The Morgan fingerprint density at radius 1 is 1.29 bits per heavy atom. The summed E-state index contributed by atoms with van der Waals surface area (Å²) in [6, 6.07) is 2.31. The minimum absolute atomic E-state index is 0.0456. The number of hydrogen-bond acceptors (Lipinski definition) is 3. The monoisotopic (exact) mass is 307 g/mol. The fraction of sp³-hybridized carbons (Fsp3) is 0.600. The molecule has 0 bridgehead atoms. The summed E-state index contributed by atoms with van der Waals surface area (Å²) in [5, 5.41) is 2.84. The lowest BCUT2D eigenvalue weighted by Gasteiger charge is -2.35. The van der Waals surface area contributed by atoms with Crippen molar-refractivity contribution in [3.8, 4) is 0 Å². The van der Waals surface area contributed by atoms with Gasteiger partial charge in [0.05, 0.1) is 4.88 Å². The van der Waals surface area contributed by atoms with Gasteiger partial charge in [0.2, 0.25) is 0 Å². The maximum Gasteiger partial charge on any atom is 0.317 e. The molecule has 0 atom stereocenters. The van der Waals surface area contributed by atoms with Crippen LogP contribution in [0.5, 0.6) is 0 Å². The summed E-state index contributed by atoms with van der Waals surface area (Å²) < 4.78 is 0. The van der Waals surface area contributed by atoms with Gasteiger partial charge in [-0.25, -0.2) is 4.79 Å². The molecule has 21 heavy (non-hydrogen) atoms. The van der Waals surface area contributed by atoms with Crippen molar-refractivity contribution in [3.05, 3.63) is 21.4 Å². The highest BCUT2D eigenvalue weighted by molar-refractivity contribution is 7.14. The first-order chi connectivity index (χ1) is 10.1. The maximum atomic E-state index is 12.5. The molecule has 3 amide bonds. The van der Waals surface area contributed by atoms with E-state index in [4.69, 9.17) is 0 Å². The smallest absolute Gasteiger partial charge is 0.317 e. The van der Waals surface area contributed by atoms with Crippen molar-refractivity contribution in [2.75, 3.05) is 26.2 Å². The molecule has 0 spiro atoms. The highest BCUT2D eigenvalue weighted by atomic mass is 32.1. The number of aryl methyl sites for hydroxylation is 2. The number of urea groups is 1. The summed E-state index contributed by atoms with van der Waals surface area (Å²) in [5.74, 6) is 0.139. The number of carbonyl (C=O) groups excluding carboxylic acids is 2. The van der Waals surface area contributed by atoms with E-state index in [1.165, 1.54) is 10.4 Å². The number of thiophene rings is 1. The molecule has 0 saturated carbocycles. The average Bonchev–Trinajstić information content (AvgIpc) is 3.05. The largest absolute Gasteiger partial charge is 0.338 e. The second-order valence-electron chi connectivity index (χ2n) is 5.80. The number of nitrogens with zero attached hydrogens (tertiary/aromatic N) is 2. The Hall–Kier alpha value is -1.56. The van der Waals surface area contributed by atoms with Crippen molar-refractivity contribution < 1.29 is 9.59 Å². The summed E-state index contributed by atoms with van der Waals surface area (Å²) in [6.45, 7) is 7.11. The third-order valence-electron chi connectivity index (χ3n) is 4.46. The molecule has 2 saturated heterocycles. The zero-order chi connectivity index (χ0) is 15.0. The average molecular weight is 307 g/mol. The van der Waals surface area contributed by atoms with Crippen LogP contribution in [0.1, 0.15) is 33.0 Å². The predicted molar refractivity (Wildman–Crippen MR) is 82.8 cm³/mol. The molecular weight excluding hydrogens is 286 g/mol. The minimum atomic E-state index is 0.0456. The number of piperidine rings is 1. The normalized spacial score (nSPS) is 20.0. The molecule has 2 fully saturated rings. The second kappa shape index (κ2) is 5.67. The van der Waals surface area contributed by atoms with Crippen LogP contribution in [-0.2, 0) is 0 Å². The molecule has 0 radical (unpaired) electrons. The van der Waals surface area contributed by atoms with Gasteiger partial charge in [0, 0.05) is 37.1 Å². The molecule has 3 rings (SSSR count). The summed E-state index contributed by atoms with van der Waals surface area (Å²) >= 11 is 1.58. The lowest BCUT2D eigenvalue weighted by Crippen LogP contribution is -2.47. The van der Waals surface area contributed by atoms with Gasteiger partial charge < -0.3 is 15.1 Å². The molecule has 114 valence electrons. The van der Waals surface area contributed by atoms with Crippen molar-refractivity contribution in [1.82, 2.24) is 15.1 Å². The van der Waals surface area contributed by atoms with Gasteiger partial charge in [-0.3, -0.25) is 4.79 Å². The van der Waals surface area contributed by atoms with Crippen LogP contribution in [0.15, 0.2) is 6.07 Å². The summed E-state index contributed by atoms with van der Waals surface area (Å²) in [7, 11) is 0. The van der Waals surface area contributed by atoms with E-state index in [-0.39, 0.29) is 18.0 Å². The Morgan fingerprint density at radius 3 is 2.52 bits per heavy atom. The Balaban J connectivity index is 1.60. The molecule has 1 N–H and O–H groups in total. The fourth-order valence-electron chi connectivity index (χ4n) is 3.05. The van der Waals surface area contributed by atoms with Gasteiger partial charge in [-0.2, -0.15) is 0 Å². The first kappa shape index (κ1) is 14.4. The Bertz CT molecular complexity index is 542. The van der Waals surface area contributed by atoms with E-state index in [1.54, 1.807) is 11.3 Å². The summed E-state index contributed by atoms with van der Waals surface area (Å²) in [4.78, 5) is 30.1. The van der Waals surface area contributed by atoms with Gasteiger partial charge in [-0.1, -0.05) is 0 Å². The summed E-state index contributed by atoms with van der Waals surface area (Å²) in [5.41, 5.74) is 1.19. The lowest BCUT2D eigenvalue weighted by molar-refractivity contribution is 0.0671. The Morgan fingerprint density at radius 2 is 2.00 bits per heavy atom. The Labute approximate surface area is 128 Å². The van der Waals surface area contributed by atoms with Crippen molar-refractivity contribution in [2.24, 2.45) is 0 Å². The highest BCUT2D eigenvalue weighted by Crippen LogP contribution is 2.25. The number of rotatable bonds is 2. The van der Waals surface area contributed by atoms with Crippen molar-refractivity contribution in [3.63, 3.8) is 0 Å². The second-order valence-corrected chi connectivity index (χ2v) is 7.05. The zero-order valence-electron chi connectivity index (χ0n) is 12.5. The molecule has 0 aromatic carbocycles. The van der Waals surface area contributed by atoms with Gasteiger partial charge in [0.25, 0.3) is 5.91 Å². The molecule has 3 heterocycles. The Kier molecular flexibility index (Phi) is 3.89. The quantitative estimate of drug-likeness (QED) is 0.908. The number of amides is 3. The molecule has 6 heteroatoms. The molecule has 0 unspecified atom stereocenters. The van der Waals surface area contributed by atoms with E-state index < -0.39 is 0 Å². The SMILES string of the molecule is Cc1cc(C(=O)N2CCC(N3CCNC3=O)CC2)sc1C. The van der Waals surface area contributed by atoms with Gasteiger partial charge >= 0.3 is 6.03 Å². The minimum Gasteiger partial charge on any atom is -0.338 e. The van der Waals surface area contributed by atoms with Crippen LogP contribution in [0.2, 0.25) is 0 Å². The van der Waals surface area contributed by atoms with Gasteiger partial charge in [0.1, 0.15) is 0 Å². The first-order valence-electron chi connectivity index (χ1n) is 7.47. The van der Waals surface area contributed by atoms with Crippen LogP contribution >= 0.6 is 11.3 Å². The van der Waals surface area contributed by atoms with E-state index in [9.17, 15) is 9.59 Å². The fourth-order valence-corrected chi connectivity index (χ4v) is 4.05. The van der Waals surface area contributed by atoms with E-state index in [0.717, 1.165) is 43.9 Å². The van der Waals surface area contributed by atoms with Crippen LogP contribution in [0.25, 0.3) is 0 Å². The summed E-state index contributed by atoms with van der Waals surface area (Å²) in [6.07, 6.45) is 1.75. The lowest BCUT2D eigenvalue weighted by atomic mass is 10.0. The van der Waals surface area contributed by atoms with Gasteiger partial charge in [-0.15, -0.1) is 11.3 Å². The van der Waals surface area contributed by atoms with Gasteiger partial charge in [-0.05, 0) is 38.3 Å². The number of nitrogens with one attached hydrogen (secondary N) is 1. The van der Waals surface area contributed by atoms with E-state index in [0.29, 0.717) is 0 Å². The van der Waals surface area contributed by atoms with Crippen LogP contribution < -0.4 is 5.32 Å². The topological polar surface area (TPSA) is 52.7 Å². The molecule has 1 aromatic rings. The highest BCUT2D eigenvalue weighted by Gasteiger charge is 2.32. The standard InChI is InChI=1S/C15H21N3O2S/c1-10-9-13(21-11(10)2)14(19)17-6-3-12(4-7-17)18-8-5-16-15(18)20/h9,12H,3-8H2,1-2H3,(H,16,20). The van der Waals surface area contributed by atoms with Crippen molar-refractivity contribution in [1.29, 1.82) is 0 Å². The first-order valence-corrected chi connectivity index (χ1v) is 8.28. The van der Waals surface area contributed by atoms with Crippen molar-refractivity contribution >= 4 is 23.3 Å².